The predicted molar refractivity (Wildman–Crippen MR) is 78.1 cm³/mol. The van der Waals surface area contributed by atoms with Crippen LogP contribution in [0.4, 0.5) is 0 Å². The molecular weight excluding hydrogens is 294 g/mol. The maximum atomic E-state index is 9.77. The molecule has 0 fully saturated rings. The van der Waals surface area contributed by atoms with E-state index in [0.717, 1.165) is 12.1 Å². The van der Waals surface area contributed by atoms with Crippen molar-refractivity contribution in [2.45, 2.75) is 33.4 Å². The molecule has 1 atom stereocenters. The summed E-state index contributed by atoms with van der Waals surface area (Å²) >= 11 is 3.35. The van der Waals surface area contributed by atoms with E-state index in [9.17, 15) is 5.11 Å². The van der Waals surface area contributed by atoms with E-state index in [2.05, 4.69) is 48.6 Å². The molecule has 3 nitrogen and oxygen atoms in total. The Bertz CT molecular complexity index is 407. The van der Waals surface area contributed by atoms with E-state index in [-0.39, 0.29) is 5.75 Å². The number of aromatic hydroxyl groups is 1. The highest BCUT2D eigenvalue weighted by Crippen LogP contribution is 2.35. The first-order valence-electron chi connectivity index (χ1n) is 6.12. The Morgan fingerprint density at radius 2 is 1.94 bits per heavy atom. The van der Waals surface area contributed by atoms with Gasteiger partial charge < -0.3 is 9.84 Å². The number of methoxy groups -OCH3 is 1. The third kappa shape index (κ3) is 3.62. The lowest BCUT2D eigenvalue weighted by atomic mass is 10.0. The summed E-state index contributed by atoms with van der Waals surface area (Å²) in [6, 6.07) is 4.31. The topological polar surface area (TPSA) is 32.7 Å². The standard InChI is InChI=1S/C14H22BrNO2/c1-9(2)10(3)16(4)8-11-6-12(15)14(17)13(7-11)18-5/h6-7,9-10,17H,8H2,1-5H3. The van der Waals surface area contributed by atoms with Gasteiger partial charge in [0.2, 0.25) is 0 Å². The molecule has 1 aromatic rings. The Labute approximate surface area is 118 Å². The van der Waals surface area contributed by atoms with Crippen molar-refractivity contribution in [2.75, 3.05) is 14.2 Å². The molecule has 1 aromatic carbocycles. The molecular formula is C14H22BrNO2. The van der Waals surface area contributed by atoms with Gasteiger partial charge in [0.15, 0.2) is 11.5 Å². The maximum absolute atomic E-state index is 9.77. The van der Waals surface area contributed by atoms with Crippen LogP contribution in [0.5, 0.6) is 11.5 Å². The quantitative estimate of drug-likeness (QED) is 0.900. The summed E-state index contributed by atoms with van der Waals surface area (Å²) in [5.41, 5.74) is 1.12. The molecule has 102 valence electrons. The third-order valence-electron chi connectivity index (χ3n) is 3.40. The summed E-state index contributed by atoms with van der Waals surface area (Å²) in [7, 11) is 3.67. The molecule has 0 heterocycles. The van der Waals surface area contributed by atoms with E-state index in [4.69, 9.17) is 4.74 Å². The van der Waals surface area contributed by atoms with Crippen LogP contribution in [0.25, 0.3) is 0 Å². The smallest absolute Gasteiger partial charge is 0.172 e. The summed E-state index contributed by atoms with van der Waals surface area (Å²) in [6.45, 7) is 7.48. The van der Waals surface area contributed by atoms with Gasteiger partial charge >= 0.3 is 0 Å². The van der Waals surface area contributed by atoms with Crippen molar-refractivity contribution in [2.24, 2.45) is 5.92 Å². The largest absolute Gasteiger partial charge is 0.503 e. The van der Waals surface area contributed by atoms with Crippen LogP contribution in [0.15, 0.2) is 16.6 Å². The van der Waals surface area contributed by atoms with Gasteiger partial charge in [0.25, 0.3) is 0 Å². The molecule has 0 saturated carbocycles. The Hall–Kier alpha value is -0.740. The fourth-order valence-corrected chi connectivity index (χ4v) is 2.30. The lowest BCUT2D eigenvalue weighted by molar-refractivity contribution is 0.200. The lowest BCUT2D eigenvalue weighted by Crippen LogP contribution is -2.32. The number of phenols is 1. The molecule has 0 spiro atoms. The van der Waals surface area contributed by atoms with Crippen molar-refractivity contribution in [3.05, 3.63) is 22.2 Å². The van der Waals surface area contributed by atoms with Gasteiger partial charge in [-0.1, -0.05) is 13.8 Å². The van der Waals surface area contributed by atoms with Gasteiger partial charge in [-0.2, -0.15) is 0 Å². The number of nitrogens with zero attached hydrogens (tertiary/aromatic N) is 1. The van der Waals surface area contributed by atoms with Crippen LogP contribution in [0.1, 0.15) is 26.3 Å². The zero-order chi connectivity index (χ0) is 13.9. The van der Waals surface area contributed by atoms with Crippen LogP contribution in [0, 0.1) is 5.92 Å². The van der Waals surface area contributed by atoms with Crippen molar-refractivity contribution in [1.82, 2.24) is 4.90 Å². The summed E-state index contributed by atoms with van der Waals surface area (Å²) in [4.78, 5) is 2.29. The zero-order valence-electron chi connectivity index (χ0n) is 11.7. The van der Waals surface area contributed by atoms with E-state index >= 15 is 0 Å². The van der Waals surface area contributed by atoms with Gasteiger partial charge in [0, 0.05) is 12.6 Å². The SMILES string of the molecule is COc1cc(CN(C)C(C)C(C)C)cc(Br)c1O. The Morgan fingerprint density at radius 1 is 1.33 bits per heavy atom. The molecule has 0 aliphatic rings. The van der Waals surface area contributed by atoms with Gasteiger partial charge in [-0.15, -0.1) is 0 Å². The van der Waals surface area contributed by atoms with Crippen molar-refractivity contribution < 1.29 is 9.84 Å². The van der Waals surface area contributed by atoms with E-state index in [1.807, 2.05) is 12.1 Å². The summed E-state index contributed by atoms with van der Waals surface area (Å²) < 4.78 is 5.83. The van der Waals surface area contributed by atoms with Crippen LogP contribution in [0.3, 0.4) is 0 Å². The average molecular weight is 316 g/mol. The number of hydrogen-bond acceptors (Lipinski definition) is 3. The molecule has 0 aromatic heterocycles. The molecule has 0 bridgehead atoms. The van der Waals surface area contributed by atoms with Gasteiger partial charge in [-0.25, -0.2) is 0 Å². The van der Waals surface area contributed by atoms with Crippen molar-refractivity contribution in [3.8, 4) is 11.5 Å². The Kier molecular flexibility index (Phi) is 5.47. The molecule has 0 amide bonds. The molecule has 4 heteroatoms. The first-order chi connectivity index (χ1) is 8.36. The van der Waals surface area contributed by atoms with Crippen LogP contribution >= 0.6 is 15.9 Å². The summed E-state index contributed by atoms with van der Waals surface area (Å²) in [5, 5.41) is 9.77. The first-order valence-corrected chi connectivity index (χ1v) is 6.91. The van der Waals surface area contributed by atoms with E-state index in [0.29, 0.717) is 22.2 Å². The third-order valence-corrected chi connectivity index (χ3v) is 4.00. The van der Waals surface area contributed by atoms with E-state index in [1.165, 1.54) is 0 Å². The van der Waals surface area contributed by atoms with Gasteiger partial charge in [-0.3, -0.25) is 4.90 Å². The van der Waals surface area contributed by atoms with E-state index in [1.54, 1.807) is 7.11 Å². The van der Waals surface area contributed by atoms with Crippen LogP contribution < -0.4 is 4.74 Å². The Balaban J connectivity index is 2.88. The van der Waals surface area contributed by atoms with Gasteiger partial charge in [0.05, 0.1) is 11.6 Å². The van der Waals surface area contributed by atoms with Crippen molar-refractivity contribution >= 4 is 15.9 Å². The first kappa shape index (κ1) is 15.3. The molecule has 1 unspecified atom stereocenters. The molecule has 1 N–H and O–H groups in total. The number of benzene rings is 1. The highest BCUT2D eigenvalue weighted by atomic mass is 79.9. The van der Waals surface area contributed by atoms with E-state index < -0.39 is 0 Å². The van der Waals surface area contributed by atoms with Gasteiger partial charge in [-0.05, 0) is 53.5 Å². The molecule has 0 aliphatic carbocycles. The van der Waals surface area contributed by atoms with Crippen LogP contribution in [-0.4, -0.2) is 30.2 Å². The van der Waals surface area contributed by atoms with Crippen molar-refractivity contribution in [1.29, 1.82) is 0 Å². The fourth-order valence-electron chi connectivity index (χ4n) is 1.82. The fraction of sp³-hybridized carbons (Fsp3) is 0.571. The number of halogens is 1. The highest BCUT2D eigenvalue weighted by Gasteiger charge is 2.15. The minimum atomic E-state index is 0.154. The minimum Gasteiger partial charge on any atom is -0.503 e. The molecule has 18 heavy (non-hydrogen) atoms. The highest BCUT2D eigenvalue weighted by molar-refractivity contribution is 9.10. The lowest BCUT2D eigenvalue weighted by Gasteiger charge is -2.28. The zero-order valence-corrected chi connectivity index (χ0v) is 13.3. The maximum Gasteiger partial charge on any atom is 0.172 e. The number of rotatable bonds is 5. The molecule has 0 aliphatic heterocycles. The second kappa shape index (κ2) is 6.43. The monoisotopic (exact) mass is 315 g/mol. The summed E-state index contributed by atoms with van der Waals surface area (Å²) in [6.07, 6.45) is 0. The molecule has 0 saturated heterocycles. The predicted octanol–water partition coefficient (Wildman–Crippen LogP) is 3.64. The second-order valence-electron chi connectivity index (χ2n) is 5.03. The average Bonchev–Trinajstić information content (AvgIpc) is 2.32. The Morgan fingerprint density at radius 3 is 2.44 bits per heavy atom. The normalized spacial score (nSPS) is 13.1. The number of hydrogen-bond donors (Lipinski definition) is 1. The number of phenolic OH excluding ortho intramolecular Hbond substituents is 1. The molecule has 1 rings (SSSR count). The number of ether oxygens (including phenoxy) is 1. The second-order valence-corrected chi connectivity index (χ2v) is 5.88. The summed E-state index contributed by atoms with van der Waals surface area (Å²) in [5.74, 6) is 1.27. The minimum absolute atomic E-state index is 0.154. The van der Waals surface area contributed by atoms with Crippen LogP contribution in [-0.2, 0) is 6.54 Å². The van der Waals surface area contributed by atoms with Crippen LogP contribution in [0.2, 0.25) is 0 Å². The molecule has 0 radical (unpaired) electrons. The van der Waals surface area contributed by atoms with Crippen molar-refractivity contribution in [3.63, 3.8) is 0 Å². The van der Waals surface area contributed by atoms with Gasteiger partial charge in [0.1, 0.15) is 0 Å².